The zero-order valence-electron chi connectivity index (χ0n) is 16.5. The maximum Gasteiger partial charge on any atom is 0.307 e. The zero-order chi connectivity index (χ0) is 21.3. The number of hydrogen-bond donors (Lipinski definition) is 1. The van der Waals surface area contributed by atoms with E-state index >= 15 is 0 Å². The fourth-order valence-corrected chi connectivity index (χ4v) is 3.31. The molecule has 1 amide bonds. The fraction of sp³-hybridized carbons (Fsp3) is 0.167. The summed E-state index contributed by atoms with van der Waals surface area (Å²) in [7, 11) is 1.49. The Morgan fingerprint density at radius 1 is 0.933 bits per heavy atom. The number of ether oxygens (including phenoxy) is 2. The lowest BCUT2D eigenvalue weighted by Crippen LogP contribution is -2.22. The van der Waals surface area contributed by atoms with Crippen LogP contribution < -0.4 is 10.1 Å². The minimum atomic E-state index is -0.472. The number of anilines is 1. The van der Waals surface area contributed by atoms with Crippen LogP contribution in [0.3, 0.4) is 0 Å². The number of amides is 1. The summed E-state index contributed by atoms with van der Waals surface area (Å²) in [5, 5.41) is 3.10. The van der Waals surface area contributed by atoms with E-state index in [1.165, 1.54) is 7.11 Å². The molecule has 0 aliphatic rings. The second-order valence-electron chi connectivity index (χ2n) is 6.63. The molecule has 0 atom stereocenters. The minimum absolute atomic E-state index is 0.127. The summed E-state index contributed by atoms with van der Waals surface area (Å²) in [5.41, 5.74) is 2.43. The summed E-state index contributed by atoms with van der Waals surface area (Å²) in [6, 6.07) is 24.4. The van der Waals surface area contributed by atoms with Crippen molar-refractivity contribution in [2.45, 2.75) is 12.3 Å². The summed E-state index contributed by atoms with van der Waals surface area (Å²) in [6.45, 7) is -0.398. The number of carbonyl (C=O) groups excluding carboxylic acids is 2. The number of hydrogen-bond acceptors (Lipinski definition) is 4. The van der Waals surface area contributed by atoms with E-state index in [1.807, 2.05) is 60.7 Å². The van der Waals surface area contributed by atoms with Crippen LogP contribution in [0.1, 0.15) is 23.5 Å². The Kier molecular flexibility index (Phi) is 7.46. The molecular formula is C24H22ClNO4. The first-order valence-corrected chi connectivity index (χ1v) is 9.83. The molecular weight excluding hydrogens is 402 g/mol. The Labute approximate surface area is 180 Å². The van der Waals surface area contributed by atoms with Gasteiger partial charge in [-0.3, -0.25) is 9.59 Å². The van der Waals surface area contributed by atoms with Crippen LogP contribution in [0.2, 0.25) is 5.02 Å². The monoisotopic (exact) mass is 423 g/mol. The molecule has 0 radical (unpaired) electrons. The number of methoxy groups -OCH3 is 1. The highest BCUT2D eigenvalue weighted by Crippen LogP contribution is 2.29. The van der Waals surface area contributed by atoms with E-state index in [0.29, 0.717) is 16.5 Å². The van der Waals surface area contributed by atoms with Crippen LogP contribution in [0, 0.1) is 0 Å². The summed E-state index contributed by atoms with van der Waals surface area (Å²) in [4.78, 5) is 24.7. The quantitative estimate of drug-likeness (QED) is 0.515. The van der Waals surface area contributed by atoms with E-state index in [9.17, 15) is 9.59 Å². The van der Waals surface area contributed by atoms with Gasteiger partial charge in [-0.15, -0.1) is 0 Å². The molecule has 6 heteroatoms. The number of nitrogens with one attached hydrogen (secondary N) is 1. The third-order valence-corrected chi connectivity index (χ3v) is 4.81. The SMILES string of the molecule is COc1ccc(Cl)cc1NC(=O)COC(=O)CC(c1ccccc1)c1ccccc1. The van der Waals surface area contributed by atoms with Crippen molar-refractivity contribution < 1.29 is 19.1 Å². The van der Waals surface area contributed by atoms with Crippen molar-refractivity contribution in [1.82, 2.24) is 0 Å². The van der Waals surface area contributed by atoms with Gasteiger partial charge in [-0.2, -0.15) is 0 Å². The molecule has 3 aromatic carbocycles. The zero-order valence-corrected chi connectivity index (χ0v) is 17.3. The van der Waals surface area contributed by atoms with E-state index in [2.05, 4.69) is 5.32 Å². The van der Waals surface area contributed by atoms with Gasteiger partial charge in [0.2, 0.25) is 0 Å². The number of rotatable bonds is 8. The lowest BCUT2D eigenvalue weighted by Gasteiger charge is -2.17. The highest BCUT2D eigenvalue weighted by Gasteiger charge is 2.20. The molecule has 154 valence electrons. The molecule has 0 bridgehead atoms. The molecule has 0 aliphatic heterocycles. The average molecular weight is 424 g/mol. The maximum atomic E-state index is 12.5. The molecule has 0 saturated carbocycles. The largest absolute Gasteiger partial charge is 0.495 e. The van der Waals surface area contributed by atoms with Gasteiger partial charge in [-0.05, 0) is 29.3 Å². The van der Waals surface area contributed by atoms with Gasteiger partial charge in [0.1, 0.15) is 5.75 Å². The normalized spacial score (nSPS) is 10.5. The second-order valence-corrected chi connectivity index (χ2v) is 7.07. The van der Waals surface area contributed by atoms with Crippen LogP contribution in [0.5, 0.6) is 5.75 Å². The van der Waals surface area contributed by atoms with Gasteiger partial charge in [0, 0.05) is 10.9 Å². The molecule has 1 N–H and O–H groups in total. The van der Waals surface area contributed by atoms with Crippen LogP contribution in [-0.4, -0.2) is 25.6 Å². The molecule has 0 aliphatic carbocycles. The van der Waals surface area contributed by atoms with E-state index in [1.54, 1.807) is 18.2 Å². The summed E-state index contributed by atoms with van der Waals surface area (Å²) in [6.07, 6.45) is 0.127. The van der Waals surface area contributed by atoms with Gasteiger partial charge < -0.3 is 14.8 Å². The van der Waals surface area contributed by atoms with Crippen molar-refractivity contribution in [1.29, 1.82) is 0 Å². The maximum absolute atomic E-state index is 12.5. The van der Waals surface area contributed by atoms with Crippen molar-refractivity contribution in [2.75, 3.05) is 19.0 Å². The number of esters is 1. The summed E-state index contributed by atoms with van der Waals surface area (Å²) < 4.78 is 10.4. The first-order chi connectivity index (χ1) is 14.6. The van der Waals surface area contributed by atoms with Crippen LogP contribution in [0.4, 0.5) is 5.69 Å². The van der Waals surface area contributed by atoms with Gasteiger partial charge in [-0.25, -0.2) is 0 Å². The summed E-state index contributed by atoms with van der Waals surface area (Å²) >= 11 is 5.97. The topological polar surface area (TPSA) is 64.6 Å². The highest BCUT2D eigenvalue weighted by molar-refractivity contribution is 6.31. The van der Waals surface area contributed by atoms with Crippen molar-refractivity contribution in [3.8, 4) is 5.75 Å². The van der Waals surface area contributed by atoms with Crippen LogP contribution >= 0.6 is 11.6 Å². The highest BCUT2D eigenvalue weighted by atomic mass is 35.5. The first-order valence-electron chi connectivity index (χ1n) is 9.45. The molecule has 0 aromatic heterocycles. The van der Waals surface area contributed by atoms with Gasteiger partial charge in [0.05, 0.1) is 19.2 Å². The van der Waals surface area contributed by atoms with Gasteiger partial charge in [0.25, 0.3) is 5.91 Å². The molecule has 3 aromatic rings. The molecule has 0 fully saturated rings. The third kappa shape index (κ3) is 5.84. The standard InChI is InChI=1S/C24H22ClNO4/c1-29-22-13-12-19(25)14-21(22)26-23(27)16-30-24(28)15-20(17-8-4-2-5-9-17)18-10-6-3-7-11-18/h2-14,20H,15-16H2,1H3,(H,26,27). The Morgan fingerprint density at radius 2 is 1.53 bits per heavy atom. The number of carbonyl (C=O) groups is 2. The molecule has 0 spiro atoms. The van der Waals surface area contributed by atoms with Gasteiger partial charge in [0.15, 0.2) is 6.61 Å². The van der Waals surface area contributed by atoms with Crippen molar-refractivity contribution in [2.24, 2.45) is 0 Å². The van der Waals surface area contributed by atoms with E-state index < -0.39 is 18.5 Å². The lowest BCUT2D eigenvalue weighted by molar-refractivity contribution is -0.147. The van der Waals surface area contributed by atoms with Gasteiger partial charge >= 0.3 is 5.97 Å². The molecule has 30 heavy (non-hydrogen) atoms. The van der Waals surface area contributed by atoms with Crippen LogP contribution in [0.25, 0.3) is 0 Å². The molecule has 0 heterocycles. The van der Waals surface area contributed by atoms with Crippen molar-refractivity contribution >= 4 is 29.2 Å². The molecule has 0 unspecified atom stereocenters. The minimum Gasteiger partial charge on any atom is -0.495 e. The fourth-order valence-electron chi connectivity index (χ4n) is 3.13. The summed E-state index contributed by atoms with van der Waals surface area (Å²) in [5.74, 6) is -0.621. The van der Waals surface area contributed by atoms with Crippen molar-refractivity contribution in [3.05, 3.63) is 95.0 Å². The smallest absolute Gasteiger partial charge is 0.307 e. The van der Waals surface area contributed by atoms with Gasteiger partial charge in [-0.1, -0.05) is 72.3 Å². The Hall–Kier alpha value is -3.31. The number of benzene rings is 3. The molecule has 3 rings (SSSR count). The molecule has 0 saturated heterocycles. The van der Waals surface area contributed by atoms with Crippen LogP contribution in [0.15, 0.2) is 78.9 Å². The third-order valence-electron chi connectivity index (χ3n) is 4.57. The average Bonchev–Trinajstić information content (AvgIpc) is 2.77. The van der Waals surface area contributed by atoms with E-state index in [-0.39, 0.29) is 12.3 Å². The van der Waals surface area contributed by atoms with E-state index in [0.717, 1.165) is 11.1 Å². The first kappa shape index (κ1) is 21.4. The Balaban J connectivity index is 1.62. The Bertz CT molecular complexity index is 953. The Morgan fingerprint density at radius 3 is 2.10 bits per heavy atom. The van der Waals surface area contributed by atoms with E-state index in [4.69, 9.17) is 21.1 Å². The number of halogens is 1. The lowest BCUT2D eigenvalue weighted by atomic mass is 9.89. The predicted molar refractivity (Wildman–Crippen MR) is 117 cm³/mol. The second kappa shape index (κ2) is 10.5. The molecule has 5 nitrogen and oxygen atoms in total. The van der Waals surface area contributed by atoms with Crippen LogP contribution in [-0.2, 0) is 14.3 Å². The van der Waals surface area contributed by atoms with Crippen molar-refractivity contribution in [3.63, 3.8) is 0 Å². The predicted octanol–water partition coefficient (Wildman–Crippen LogP) is 5.05.